The van der Waals surface area contributed by atoms with Crippen LogP contribution < -0.4 is 25.7 Å². The van der Waals surface area contributed by atoms with Gasteiger partial charge in [0.2, 0.25) is 11.3 Å². The maximum atomic E-state index is 16.5. The van der Waals surface area contributed by atoms with Gasteiger partial charge < -0.3 is 39.1 Å². The third-order valence-corrected chi connectivity index (χ3v) is 11.5. The van der Waals surface area contributed by atoms with Gasteiger partial charge in [-0.05, 0) is 83.3 Å². The minimum Gasteiger partial charge on any atom is -0.456 e. The number of carbonyl (C=O) groups is 2. The maximum absolute atomic E-state index is 16.5. The Labute approximate surface area is 300 Å². The molecule has 4 aliphatic heterocycles. The number of anilines is 1. The number of piperidine rings is 1. The van der Waals surface area contributed by atoms with Crippen LogP contribution in [0.4, 0.5) is 10.1 Å². The fraction of sp³-hybridized carbons (Fsp3) is 0.425. The second-order valence-corrected chi connectivity index (χ2v) is 14.8. The number of halogens is 1. The highest BCUT2D eigenvalue weighted by Crippen LogP contribution is 2.49. The lowest BCUT2D eigenvalue weighted by Gasteiger charge is -2.30. The number of amides is 2. The van der Waals surface area contributed by atoms with E-state index >= 15 is 4.39 Å². The van der Waals surface area contributed by atoms with Gasteiger partial charge in [-0.15, -0.1) is 0 Å². The quantitative estimate of drug-likeness (QED) is 0.199. The van der Waals surface area contributed by atoms with E-state index in [1.165, 1.54) is 18.9 Å². The van der Waals surface area contributed by atoms with Crippen LogP contribution in [-0.4, -0.2) is 91.1 Å². The fourth-order valence-electron chi connectivity index (χ4n) is 8.71. The number of para-hydroxylation sites is 1. The molecule has 12 heteroatoms. The van der Waals surface area contributed by atoms with E-state index < -0.39 is 11.2 Å². The summed E-state index contributed by atoms with van der Waals surface area (Å²) in [4.78, 5) is 46.8. The summed E-state index contributed by atoms with van der Waals surface area (Å²) in [6.07, 6.45) is 8.44. The first kappa shape index (κ1) is 32.9. The van der Waals surface area contributed by atoms with Crippen molar-refractivity contribution in [3.63, 3.8) is 0 Å². The number of furan rings is 1. The highest BCUT2D eigenvalue weighted by Gasteiger charge is 2.35. The molecule has 2 aromatic heterocycles. The molecule has 4 aliphatic rings. The number of likely N-dealkylation sites (tertiary alicyclic amines) is 2. The molecule has 0 aliphatic carbocycles. The summed E-state index contributed by atoms with van der Waals surface area (Å²) >= 11 is 0. The van der Waals surface area contributed by atoms with Gasteiger partial charge in [-0.2, -0.15) is 0 Å². The highest BCUT2D eigenvalue weighted by atomic mass is 19.1. The average Bonchev–Trinajstić information content (AvgIpc) is 3.88. The smallest absolute Gasteiger partial charge is 0.259 e. The van der Waals surface area contributed by atoms with Crippen molar-refractivity contribution >= 4 is 50.3 Å². The van der Waals surface area contributed by atoms with Crippen LogP contribution >= 0.6 is 0 Å². The van der Waals surface area contributed by atoms with Crippen molar-refractivity contribution in [2.24, 2.45) is 0 Å². The molecular weight excluding hydrogens is 663 g/mol. The predicted molar refractivity (Wildman–Crippen MR) is 199 cm³/mol. The number of rotatable bonds is 8. The first-order valence-electron chi connectivity index (χ1n) is 18.6. The third-order valence-electron chi connectivity index (χ3n) is 11.5. The zero-order chi connectivity index (χ0) is 35.5. The summed E-state index contributed by atoms with van der Waals surface area (Å²) < 4.78 is 31.1. The Hall–Kier alpha value is -4.94. The first-order chi connectivity index (χ1) is 25.3. The zero-order valence-electron chi connectivity index (χ0n) is 29.4. The maximum Gasteiger partial charge on any atom is 0.259 e. The first-order valence-corrected chi connectivity index (χ1v) is 18.6. The highest BCUT2D eigenvalue weighted by molar-refractivity contribution is 6.07. The van der Waals surface area contributed by atoms with Crippen LogP contribution in [0.25, 0.3) is 38.5 Å². The van der Waals surface area contributed by atoms with Gasteiger partial charge in [-0.1, -0.05) is 18.2 Å². The molecule has 1 unspecified atom stereocenters. The van der Waals surface area contributed by atoms with Crippen molar-refractivity contribution in [2.75, 3.05) is 57.8 Å². The number of pyridine rings is 1. The number of hydrogen-bond donors (Lipinski definition) is 2. The standard InChI is InChI=1S/C40H43FN6O5/c1-44-14-7-8-25(44)11-13-42-21-35(48)43-24-12-17-46(22-24)37-30(41)18-28-36-39(37)52-34-19-27-26-9-3-4-10-32(26)51-33(27)20-31(34)47(36)23-29(38(28)49)40(50)45-15-5-2-6-16-45/h3-4,9-10,18-20,23-25,42H,2,5-8,11-17,21-22H2,1H3,(H,43,48)/t24-,25?/m1/s1. The summed E-state index contributed by atoms with van der Waals surface area (Å²) in [7, 11) is 2.15. The molecule has 3 saturated heterocycles. The van der Waals surface area contributed by atoms with Gasteiger partial charge in [-0.25, -0.2) is 4.39 Å². The molecule has 5 aromatic rings. The molecule has 0 saturated carbocycles. The molecule has 270 valence electrons. The molecule has 9 rings (SSSR count). The Bertz CT molecular complexity index is 2290. The average molecular weight is 707 g/mol. The number of fused-ring (bicyclic) bond motifs is 5. The van der Waals surface area contributed by atoms with Gasteiger partial charge in [0.1, 0.15) is 27.9 Å². The van der Waals surface area contributed by atoms with Crippen LogP contribution in [0.1, 0.15) is 55.3 Å². The van der Waals surface area contributed by atoms with E-state index in [4.69, 9.17) is 9.15 Å². The molecule has 2 amide bonds. The molecule has 0 spiro atoms. The van der Waals surface area contributed by atoms with Crippen molar-refractivity contribution in [3.05, 3.63) is 70.3 Å². The zero-order valence-corrected chi connectivity index (χ0v) is 29.4. The van der Waals surface area contributed by atoms with E-state index in [0.717, 1.165) is 55.1 Å². The SMILES string of the molecule is CN1CCCC1CCNCC(=O)N[C@@H]1CCN(c2c(F)cc3c(=O)c(C(=O)N4CCCCC4)cn4c3c2Oc2cc3c(cc2-4)oc2ccccc23)C1. The van der Waals surface area contributed by atoms with Crippen LogP contribution in [-0.2, 0) is 4.79 Å². The summed E-state index contributed by atoms with van der Waals surface area (Å²) in [6, 6.07) is 13.1. The molecule has 3 fully saturated rings. The molecule has 52 heavy (non-hydrogen) atoms. The molecule has 3 aromatic carbocycles. The van der Waals surface area contributed by atoms with Crippen LogP contribution in [0, 0.1) is 5.82 Å². The van der Waals surface area contributed by atoms with Crippen LogP contribution in [0.5, 0.6) is 11.5 Å². The van der Waals surface area contributed by atoms with E-state index in [9.17, 15) is 14.4 Å². The number of hydrogen-bond acceptors (Lipinski definition) is 8. The number of nitrogens with zero attached hydrogens (tertiary/aromatic N) is 4. The van der Waals surface area contributed by atoms with Crippen molar-refractivity contribution in [2.45, 2.75) is 57.0 Å². The molecule has 0 bridgehead atoms. The molecular formula is C40H43FN6O5. The van der Waals surface area contributed by atoms with Crippen LogP contribution in [0.15, 0.2) is 57.9 Å². The summed E-state index contributed by atoms with van der Waals surface area (Å²) in [6.45, 7) is 4.15. The fourth-order valence-corrected chi connectivity index (χ4v) is 8.71. The number of benzene rings is 3. The number of nitrogens with one attached hydrogen (secondary N) is 2. The van der Waals surface area contributed by atoms with Gasteiger partial charge in [0, 0.05) is 61.3 Å². The minimum atomic E-state index is -0.613. The molecule has 2 N–H and O–H groups in total. The Kier molecular flexibility index (Phi) is 8.38. The summed E-state index contributed by atoms with van der Waals surface area (Å²) in [5.41, 5.74) is 2.04. The Morgan fingerprint density at radius 3 is 2.62 bits per heavy atom. The lowest BCUT2D eigenvalue weighted by atomic mass is 10.0. The van der Waals surface area contributed by atoms with Crippen molar-refractivity contribution < 1.29 is 23.1 Å². The van der Waals surface area contributed by atoms with E-state index in [-0.39, 0.29) is 46.8 Å². The Morgan fingerprint density at radius 1 is 0.942 bits per heavy atom. The van der Waals surface area contributed by atoms with Gasteiger partial charge in [0.15, 0.2) is 17.3 Å². The van der Waals surface area contributed by atoms with Gasteiger partial charge in [-0.3, -0.25) is 14.4 Å². The van der Waals surface area contributed by atoms with Crippen molar-refractivity contribution in [3.8, 4) is 17.2 Å². The van der Waals surface area contributed by atoms with E-state index in [1.807, 2.05) is 41.3 Å². The normalized spacial score (nSPS) is 20.2. The predicted octanol–water partition coefficient (Wildman–Crippen LogP) is 5.53. The van der Waals surface area contributed by atoms with Gasteiger partial charge in [0.05, 0.1) is 17.6 Å². The third kappa shape index (κ3) is 5.68. The van der Waals surface area contributed by atoms with Gasteiger partial charge in [0.25, 0.3) is 5.91 Å². The van der Waals surface area contributed by atoms with Crippen molar-refractivity contribution in [1.82, 2.24) is 25.0 Å². The van der Waals surface area contributed by atoms with Crippen LogP contribution in [0.2, 0.25) is 0 Å². The lowest BCUT2D eigenvalue weighted by Crippen LogP contribution is -2.42. The van der Waals surface area contributed by atoms with Gasteiger partial charge >= 0.3 is 0 Å². The van der Waals surface area contributed by atoms with Crippen molar-refractivity contribution in [1.29, 1.82) is 0 Å². The molecule has 2 atom stereocenters. The summed E-state index contributed by atoms with van der Waals surface area (Å²) in [5, 5.41) is 8.23. The van der Waals surface area contributed by atoms with E-state index in [1.54, 1.807) is 15.7 Å². The second-order valence-electron chi connectivity index (χ2n) is 14.8. The molecule has 0 radical (unpaired) electrons. The number of carbonyl (C=O) groups excluding carboxylic acids is 2. The topological polar surface area (TPSA) is 112 Å². The number of ether oxygens (including phenoxy) is 1. The monoisotopic (exact) mass is 706 g/mol. The van der Waals surface area contributed by atoms with E-state index in [2.05, 4.69) is 22.6 Å². The second kappa shape index (κ2) is 13.2. The summed E-state index contributed by atoms with van der Waals surface area (Å²) in [5.74, 6) is -0.378. The minimum absolute atomic E-state index is 0.00197. The lowest BCUT2D eigenvalue weighted by molar-refractivity contribution is -0.120. The van der Waals surface area contributed by atoms with E-state index in [0.29, 0.717) is 61.2 Å². The Morgan fingerprint density at radius 2 is 1.79 bits per heavy atom. The van der Waals surface area contributed by atoms with Crippen LogP contribution in [0.3, 0.4) is 0 Å². The number of aromatic nitrogens is 1. The molecule has 11 nitrogen and oxygen atoms in total. The largest absolute Gasteiger partial charge is 0.456 e. The Balaban J connectivity index is 1.05. The molecule has 6 heterocycles.